The fraction of sp³-hybridized carbons (Fsp3) is 0.417. The summed E-state index contributed by atoms with van der Waals surface area (Å²) in [5, 5.41) is 2.60. The number of nitrogens with one attached hydrogen (secondary N) is 1. The van der Waals surface area contributed by atoms with Gasteiger partial charge >= 0.3 is 6.61 Å². The lowest BCUT2D eigenvalue weighted by molar-refractivity contribution is -0.118. The second-order valence-electron chi connectivity index (χ2n) is 4.16. The van der Waals surface area contributed by atoms with Crippen LogP contribution in [0.4, 0.5) is 14.5 Å². The SMILES string of the molecule is CC(C)[C@@H](N)C(=O)Nc1ccc(OC(F)F)cc1. The molecule has 0 aliphatic carbocycles. The van der Waals surface area contributed by atoms with Crippen molar-refractivity contribution >= 4 is 11.6 Å². The topological polar surface area (TPSA) is 64.4 Å². The van der Waals surface area contributed by atoms with Crippen LogP contribution in [-0.2, 0) is 4.79 Å². The Hall–Kier alpha value is -1.69. The highest BCUT2D eigenvalue weighted by atomic mass is 19.3. The van der Waals surface area contributed by atoms with Crippen molar-refractivity contribution in [2.45, 2.75) is 26.5 Å². The molecular formula is C12H16F2N2O2. The Kier molecular flexibility index (Phi) is 5.03. The molecule has 0 bridgehead atoms. The van der Waals surface area contributed by atoms with Crippen LogP contribution in [0.3, 0.4) is 0 Å². The third kappa shape index (κ3) is 4.29. The van der Waals surface area contributed by atoms with Gasteiger partial charge in [-0.2, -0.15) is 8.78 Å². The number of carbonyl (C=O) groups is 1. The minimum atomic E-state index is -2.86. The van der Waals surface area contributed by atoms with Crippen LogP contribution in [0.1, 0.15) is 13.8 Å². The van der Waals surface area contributed by atoms with Gasteiger partial charge in [0.2, 0.25) is 5.91 Å². The van der Waals surface area contributed by atoms with Crippen LogP contribution >= 0.6 is 0 Å². The first-order valence-electron chi connectivity index (χ1n) is 5.51. The third-order valence-corrected chi connectivity index (χ3v) is 2.37. The zero-order chi connectivity index (χ0) is 13.7. The molecule has 1 amide bonds. The summed E-state index contributed by atoms with van der Waals surface area (Å²) in [6.07, 6.45) is 0. The molecule has 100 valence electrons. The van der Waals surface area contributed by atoms with Crippen LogP contribution in [-0.4, -0.2) is 18.6 Å². The van der Waals surface area contributed by atoms with Gasteiger partial charge in [-0.3, -0.25) is 4.79 Å². The van der Waals surface area contributed by atoms with Crippen molar-refractivity contribution in [3.05, 3.63) is 24.3 Å². The minimum Gasteiger partial charge on any atom is -0.435 e. The number of ether oxygens (including phenoxy) is 1. The third-order valence-electron chi connectivity index (χ3n) is 2.37. The van der Waals surface area contributed by atoms with Gasteiger partial charge in [-0.05, 0) is 30.2 Å². The molecule has 1 rings (SSSR count). The molecule has 1 aromatic rings. The molecule has 6 heteroatoms. The first kappa shape index (κ1) is 14.4. The molecule has 3 N–H and O–H groups in total. The van der Waals surface area contributed by atoms with Gasteiger partial charge in [0, 0.05) is 5.69 Å². The number of benzene rings is 1. The second kappa shape index (κ2) is 6.30. The van der Waals surface area contributed by atoms with E-state index in [0.29, 0.717) is 5.69 Å². The summed E-state index contributed by atoms with van der Waals surface area (Å²) in [4.78, 5) is 11.6. The summed E-state index contributed by atoms with van der Waals surface area (Å²) < 4.78 is 28.0. The number of hydrogen-bond acceptors (Lipinski definition) is 3. The van der Waals surface area contributed by atoms with Crippen molar-refractivity contribution in [2.24, 2.45) is 11.7 Å². The van der Waals surface area contributed by atoms with Crippen LogP contribution in [0.2, 0.25) is 0 Å². The summed E-state index contributed by atoms with van der Waals surface area (Å²) in [7, 11) is 0. The Balaban J connectivity index is 2.61. The molecule has 0 saturated heterocycles. The molecule has 0 unspecified atom stereocenters. The average Bonchev–Trinajstić information content (AvgIpc) is 2.29. The molecule has 0 aromatic heterocycles. The maximum absolute atomic E-state index is 11.9. The maximum Gasteiger partial charge on any atom is 0.387 e. The average molecular weight is 258 g/mol. The highest BCUT2D eigenvalue weighted by molar-refractivity contribution is 5.94. The quantitative estimate of drug-likeness (QED) is 0.851. The Labute approximate surface area is 104 Å². The van der Waals surface area contributed by atoms with E-state index in [1.54, 1.807) is 0 Å². The molecule has 0 aliphatic heterocycles. The standard InChI is InChI=1S/C12H16F2N2O2/c1-7(2)10(15)11(17)16-8-3-5-9(6-4-8)18-12(13)14/h3-7,10,12H,15H2,1-2H3,(H,16,17)/t10-/m1/s1. The minimum absolute atomic E-state index is 0.0199. The van der Waals surface area contributed by atoms with Gasteiger partial charge < -0.3 is 15.8 Å². The Morgan fingerprint density at radius 1 is 1.28 bits per heavy atom. The first-order valence-corrected chi connectivity index (χ1v) is 5.51. The molecule has 0 radical (unpaired) electrons. The van der Waals surface area contributed by atoms with E-state index >= 15 is 0 Å². The number of carbonyl (C=O) groups excluding carboxylic acids is 1. The molecule has 4 nitrogen and oxygen atoms in total. The number of nitrogens with two attached hydrogens (primary N) is 1. The normalized spacial score (nSPS) is 12.6. The first-order chi connectivity index (χ1) is 8.40. The molecule has 0 spiro atoms. The van der Waals surface area contributed by atoms with Gasteiger partial charge in [0.05, 0.1) is 6.04 Å². The van der Waals surface area contributed by atoms with Crippen molar-refractivity contribution in [3.8, 4) is 5.75 Å². The smallest absolute Gasteiger partial charge is 0.387 e. The summed E-state index contributed by atoms with van der Waals surface area (Å²) in [6, 6.07) is 5.04. The van der Waals surface area contributed by atoms with Crippen molar-refractivity contribution in [3.63, 3.8) is 0 Å². The number of halogens is 2. The van der Waals surface area contributed by atoms with E-state index in [1.165, 1.54) is 24.3 Å². The molecular weight excluding hydrogens is 242 g/mol. The molecule has 1 atom stereocenters. The molecule has 18 heavy (non-hydrogen) atoms. The van der Waals surface area contributed by atoms with Gasteiger partial charge in [0.25, 0.3) is 0 Å². The van der Waals surface area contributed by atoms with E-state index in [1.807, 2.05) is 13.8 Å². The summed E-state index contributed by atoms with van der Waals surface area (Å²) >= 11 is 0. The number of anilines is 1. The van der Waals surface area contributed by atoms with E-state index in [4.69, 9.17) is 5.73 Å². The lowest BCUT2D eigenvalue weighted by atomic mass is 10.1. The summed E-state index contributed by atoms with van der Waals surface area (Å²) in [5.74, 6) is -0.255. The predicted molar refractivity (Wildman–Crippen MR) is 64.5 cm³/mol. The fourth-order valence-corrected chi connectivity index (χ4v) is 1.25. The lowest BCUT2D eigenvalue weighted by Gasteiger charge is -2.15. The van der Waals surface area contributed by atoms with Crippen LogP contribution in [0.15, 0.2) is 24.3 Å². The molecule has 1 aromatic carbocycles. The van der Waals surface area contributed by atoms with Gasteiger partial charge in [-0.15, -0.1) is 0 Å². The zero-order valence-corrected chi connectivity index (χ0v) is 10.2. The summed E-state index contributed by atoms with van der Waals surface area (Å²) in [5.41, 5.74) is 6.15. The molecule has 0 saturated carbocycles. The largest absolute Gasteiger partial charge is 0.435 e. The van der Waals surface area contributed by atoms with E-state index in [9.17, 15) is 13.6 Å². The van der Waals surface area contributed by atoms with E-state index < -0.39 is 12.7 Å². The van der Waals surface area contributed by atoms with E-state index in [-0.39, 0.29) is 17.6 Å². The maximum atomic E-state index is 11.9. The lowest BCUT2D eigenvalue weighted by Crippen LogP contribution is -2.39. The molecule has 0 heterocycles. The second-order valence-corrected chi connectivity index (χ2v) is 4.16. The monoisotopic (exact) mass is 258 g/mol. The van der Waals surface area contributed by atoms with Crippen LogP contribution in [0, 0.1) is 5.92 Å². The highest BCUT2D eigenvalue weighted by Crippen LogP contribution is 2.18. The fourth-order valence-electron chi connectivity index (χ4n) is 1.25. The van der Waals surface area contributed by atoms with Crippen molar-refractivity contribution in [2.75, 3.05) is 5.32 Å². The highest BCUT2D eigenvalue weighted by Gasteiger charge is 2.17. The van der Waals surface area contributed by atoms with Crippen LogP contribution in [0.25, 0.3) is 0 Å². The Morgan fingerprint density at radius 2 is 1.83 bits per heavy atom. The van der Waals surface area contributed by atoms with E-state index in [2.05, 4.69) is 10.1 Å². The van der Waals surface area contributed by atoms with Crippen molar-refractivity contribution < 1.29 is 18.3 Å². The summed E-state index contributed by atoms with van der Waals surface area (Å²) in [6.45, 7) is 0.813. The van der Waals surface area contributed by atoms with Gasteiger partial charge in [0.1, 0.15) is 5.75 Å². The predicted octanol–water partition coefficient (Wildman–Crippen LogP) is 2.21. The number of rotatable bonds is 5. The van der Waals surface area contributed by atoms with Crippen LogP contribution in [0.5, 0.6) is 5.75 Å². The van der Waals surface area contributed by atoms with Crippen LogP contribution < -0.4 is 15.8 Å². The van der Waals surface area contributed by atoms with Crippen molar-refractivity contribution in [1.29, 1.82) is 0 Å². The Bertz CT molecular complexity index is 394. The van der Waals surface area contributed by atoms with Gasteiger partial charge in [0.15, 0.2) is 0 Å². The van der Waals surface area contributed by atoms with Crippen molar-refractivity contribution in [1.82, 2.24) is 0 Å². The van der Waals surface area contributed by atoms with Gasteiger partial charge in [-0.1, -0.05) is 13.8 Å². The Morgan fingerprint density at radius 3 is 2.28 bits per heavy atom. The van der Waals surface area contributed by atoms with E-state index in [0.717, 1.165) is 0 Å². The molecule has 0 aliphatic rings. The number of alkyl halides is 2. The number of hydrogen-bond donors (Lipinski definition) is 2. The molecule has 0 fully saturated rings. The van der Waals surface area contributed by atoms with Gasteiger partial charge in [-0.25, -0.2) is 0 Å². The zero-order valence-electron chi connectivity index (χ0n) is 10.2. The number of amides is 1.